The van der Waals surface area contributed by atoms with Crippen LogP contribution < -0.4 is 0 Å². The second-order valence-electron chi connectivity index (χ2n) is 7.45. The predicted molar refractivity (Wildman–Crippen MR) is 113 cm³/mol. The normalized spacial score (nSPS) is 18.1. The molecule has 172 valence electrons. The molecule has 10 nitrogen and oxygen atoms in total. The number of hydrogen-bond acceptors (Lipinski definition) is 8. The van der Waals surface area contributed by atoms with Crippen LogP contribution in [0.3, 0.4) is 0 Å². The van der Waals surface area contributed by atoms with E-state index in [2.05, 4.69) is 6.58 Å². The largest absolute Gasteiger partial charge is 0.508 e. The van der Waals surface area contributed by atoms with Crippen molar-refractivity contribution in [2.75, 3.05) is 7.11 Å². The van der Waals surface area contributed by atoms with E-state index in [0.717, 1.165) is 0 Å². The van der Waals surface area contributed by atoms with E-state index in [1.165, 1.54) is 36.3 Å². The summed E-state index contributed by atoms with van der Waals surface area (Å²) >= 11 is 0. The number of esters is 1. The Morgan fingerprint density at radius 3 is 2.41 bits per heavy atom. The number of allylic oxidation sites excluding steroid dienone is 1. The lowest BCUT2D eigenvalue weighted by atomic mass is 9.80. The number of β-lactam (4-membered cyclic amide) rings is 1. The molecular formula is C22H26N2O8. The van der Waals surface area contributed by atoms with Crippen molar-refractivity contribution in [3.8, 4) is 0 Å². The third-order valence-electron chi connectivity index (χ3n) is 5.06. The summed E-state index contributed by atoms with van der Waals surface area (Å²) in [4.78, 5) is 48.7. The zero-order valence-electron chi connectivity index (χ0n) is 18.4. The molecule has 0 aromatic heterocycles. The second kappa shape index (κ2) is 10.6. The number of rotatable bonds is 9. The molecule has 1 amide bonds. The van der Waals surface area contributed by atoms with E-state index in [0.29, 0.717) is 17.6 Å². The van der Waals surface area contributed by atoms with Gasteiger partial charge in [-0.25, -0.2) is 9.59 Å². The molecule has 32 heavy (non-hydrogen) atoms. The van der Waals surface area contributed by atoms with Gasteiger partial charge in [-0.1, -0.05) is 6.08 Å². The van der Waals surface area contributed by atoms with Crippen LogP contribution in [0, 0.1) is 16.0 Å². The Labute approximate surface area is 185 Å². The first-order valence-corrected chi connectivity index (χ1v) is 9.88. The molecule has 1 aromatic rings. The first-order chi connectivity index (χ1) is 15.1. The highest BCUT2D eigenvalue weighted by molar-refractivity contribution is 5.99. The molecule has 1 aliphatic rings. The number of nitro benzene ring substituents is 1. The van der Waals surface area contributed by atoms with Gasteiger partial charge in [0.25, 0.3) is 5.69 Å². The average Bonchev–Trinajstić information content (AvgIpc) is 2.75. The summed E-state index contributed by atoms with van der Waals surface area (Å²) in [6.07, 6.45) is 0.214. The van der Waals surface area contributed by atoms with E-state index in [1.807, 2.05) is 0 Å². The Bertz CT molecular complexity index is 934. The van der Waals surface area contributed by atoms with Gasteiger partial charge >= 0.3 is 12.1 Å². The molecule has 0 aliphatic carbocycles. The van der Waals surface area contributed by atoms with Gasteiger partial charge < -0.3 is 19.1 Å². The Morgan fingerprint density at radius 2 is 1.91 bits per heavy atom. The Kier molecular flexibility index (Phi) is 8.11. The Hall–Kier alpha value is -3.69. The van der Waals surface area contributed by atoms with Crippen LogP contribution in [-0.2, 0) is 30.4 Å². The molecule has 0 radical (unpaired) electrons. The van der Waals surface area contributed by atoms with Gasteiger partial charge in [0.1, 0.15) is 18.4 Å². The van der Waals surface area contributed by atoms with Crippen molar-refractivity contribution < 1.29 is 33.5 Å². The molecular weight excluding hydrogens is 420 g/mol. The van der Waals surface area contributed by atoms with Crippen molar-refractivity contribution in [1.82, 2.24) is 4.90 Å². The molecule has 1 heterocycles. The van der Waals surface area contributed by atoms with Gasteiger partial charge in [0, 0.05) is 12.1 Å². The van der Waals surface area contributed by atoms with E-state index in [1.54, 1.807) is 26.8 Å². The van der Waals surface area contributed by atoms with Crippen molar-refractivity contribution in [2.24, 2.45) is 5.92 Å². The molecule has 0 spiro atoms. The Balaban J connectivity index is 2.02. The van der Waals surface area contributed by atoms with E-state index in [4.69, 9.17) is 14.2 Å². The summed E-state index contributed by atoms with van der Waals surface area (Å²) < 4.78 is 15.1. The van der Waals surface area contributed by atoms with Crippen LogP contribution in [0.4, 0.5) is 10.5 Å². The van der Waals surface area contributed by atoms with Gasteiger partial charge in [-0.3, -0.25) is 14.9 Å². The summed E-state index contributed by atoms with van der Waals surface area (Å²) in [6.45, 7) is 8.53. The quantitative estimate of drug-likeness (QED) is 0.141. The minimum Gasteiger partial charge on any atom is -0.464 e. The predicted octanol–water partition coefficient (Wildman–Crippen LogP) is 3.51. The number of carbonyl (C=O) groups is 3. The van der Waals surface area contributed by atoms with Crippen LogP contribution in [0.25, 0.3) is 0 Å². The molecule has 0 N–H and O–H groups in total. The van der Waals surface area contributed by atoms with Crippen LogP contribution in [-0.4, -0.2) is 47.1 Å². The van der Waals surface area contributed by atoms with E-state index in [9.17, 15) is 24.5 Å². The summed E-state index contributed by atoms with van der Waals surface area (Å²) in [5.41, 5.74) is 1.25. The van der Waals surface area contributed by atoms with Crippen LogP contribution in [0.2, 0.25) is 0 Å². The first-order valence-electron chi connectivity index (χ1n) is 9.88. The summed E-state index contributed by atoms with van der Waals surface area (Å²) in [5, 5.41) is 10.7. The van der Waals surface area contributed by atoms with E-state index >= 15 is 0 Å². The number of carbonyl (C=O) groups excluding carboxylic acids is 3. The minimum absolute atomic E-state index is 0.0750. The van der Waals surface area contributed by atoms with Crippen molar-refractivity contribution in [1.29, 1.82) is 0 Å². The number of benzene rings is 1. The first kappa shape index (κ1) is 24.6. The molecule has 2 rings (SSSR count). The number of nitro groups is 1. The lowest BCUT2D eigenvalue weighted by Gasteiger charge is -2.49. The SMILES string of the molecule is C=CCC1[C@@H]([C@H](C)OC(=O)OCc2ccc([N+](=O)[O-])cc2)C(=O)N1C(C(=O)OC)=C(C)C. The van der Waals surface area contributed by atoms with Gasteiger partial charge in [-0.05, 0) is 50.5 Å². The lowest BCUT2D eigenvalue weighted by molar-refractivity contribution is -0.384. The van der Waals surface area contributed by atoms with Gasteiger partial charge in [0.15, 0.2) is 0 Å². The van der Waals surface area contributed by atoms with Crippen LogP contribution in [0.15, 0.2) is 48.2 Å². The number of nitrogens with zero attached hydrogens (tertiary/aromatic N) is 2. The van der Waals surface area contributed by atoms with Crippen LogP contribution in [0.1, 0.15) is 32.8 Å². The highest BCUT2D eigenvalue weighted by Crippen LogP contribution is 2.38. The third kappa shape index (κ3) is 5.32. The monoisotopic (exact) mass is 446 g/mol. The Morgan fingerprint density at radius 1 is 1.28 bits per heavy atom. The zero-order chi connectivity index (χ0) is 24.0. The standard InChI is InChI=1S/C22H26N2O8/c1-6-7-17-18(20(25)23(17)19(13(2)3)21(26)30-5)14(4)32-22(27)31-12-15-8-10-16(11-9-15)24(28)29/h6,8-11,14,17-18H,1,7,12H2,2-5H3/t14-,17?,18+/m0/s1. The molecule has 0 bridgehead atoms. The molecule has 1 fully saturated rings. The molecule has 3 atom stereocenters. The fourth-order valence-corrected chi connectivity index (χ4v) is 3.53. The minimum atomic E-state index is -0.977. The van der Waals surface area contributed by atoms with Crippen molar-refractivity contribution >= 4 is 23.7 Å². The third-order valence-corrected chi connectivity index (χ3v) is 5.06. The summed E-state index contributed by atoms with van der Waals surface area (Å²) in [6, 6.07) is 5.11. The zero-order valence-corrected chi connectivity index (χ0v) is 18.4. The fourth-order valence-electron chi connectivity index (χ4n) is 3.53. The highest BCUT2D eigenvalue weighted by Gasteiger charge is 2.53. The molecule has 1 aromatic carbocycles. The highest BCUT2D eigenvalue weighted by atomic mass is 16.7. The van der Waals surface area contributed by atoms with Gasteiger partial charge in [-0.2, -0.15) is 0 Å². The molecule has 0 saturated carbocycles. The van der Waals surface area contributed by atoms with Crippen molar-refractivity contribution in [3.63, 3.8) is 0 Å². The maximum Gasteiger partial charge on any atom is 0.508 e. The summed E-state index contributed by atoms with van der Waals surface area (Å²) in [5.74, 6) is -1.67. The number of methoxy groups -OCH3 is 1. The van der Waals surface area contributed by atoms with Gasteiger partial charge in [0.2, 0.25) is 5.91 Å². The molecule has 10 heteroatoms. The van der Waals surface area contributed by atoms with E-state index in [-0.39, 0.29) is 23.9 Å². The second-order valence-corrected chi connectivity index (χ2v) is 7.45. The van der Waals surface area contributed by atoms with Crippen molar-refractivity contribution in [2.45, 2.75) is 45.9 Å². The molecule has 1 unspecified atom stereocenters. The van der Waals surface area contributed by atoms with E-state index < -0.39 is 35.1 Å². The number of likely N-dealkylation sites (tertiary alicyclic amines) is 1. The van der Waals surface area contributed by atoms with Crippen LogP contribution >= 0.6 is 0 Å². The van der Waals surface area contributed by atoms with Crippen LogP contribution in [0.5, 0.6) is 0 Å². The smallest absolute Gasteiger partial charge is 0.464 e. The lowest BCUT2D eigenvalue weighted by Crippen LogP contribution is -2.64. The number of hydrogen-bond donors (Lipinski definition) is 0. The maximum absolute atomic E-state index is 12.9. The van der Waals surface area contributed by atoms with Gasteiger partial charge in [0.05, 0.1) is 24.0 Å². The van der Waals surface area contributed by atoms with Crippen molar-refractivity contribution in [3.05, 3.63) is 63.9 Å². The fraction of sp³-hybridized carbons (Fsp3) is 0.409. The topological polar surface area (TPSA) is 125 Å². The average molecular weight is 446 g/mol. The molecule has 1 saturated heterocycles. The molecule has 1 aliphatic heterocycles. The maximum atomic E-state index is 12.9. The number of amides is 1. The number of non-ortho nitro benzene ring substituents is 1. The van der Waals surface area contributed by atoms with Gasteiger partial charge in [-0.15, -0.1) is 6.58 Å². The number of ether oxygens (including phenoxy) is 3. The summed E-state index contributed by atoms with van der Waals surface area (Å²) in [7, 11) is 1.24.